The summed E-state index contributed by atoms with van der Waals surface area (Å²) in [6.07, 6.45) is 21.6. The molecule has 48 heteroatoms. The molecule has 144 heavy (non-hydrogen) atoms. The molecular formula is C96H154N18O30. The van der Waals surface area contributed by atoms with Crippen LogP contribution in [0.15, 0.2) is 0 Å². The second-order valence-corrected chi connectivity index (χ2v) is 38.1. The summed E-state index contributed by atoms with van der Waals surface area (Å²) < 4.78 is 0. The minimum atomic E-state index is -0.710. The van der Waals surface area contributed by atoms with Crippen LogP contribution >= 0.6 is 0 Å². The number of likely N-dealkylation sites (N-methyl/N-ethyl adjacent to an activating group) is 2. The monoisotopic (exact) mass is 2070 g/mol. The van der Waals surface area contributed by atoms with Crippen molar-refractivity contribution in [2.24, 2.45) is 0 Å². The van der Waals surface area contributed by atoms with Crippen molar-refractivity contribution in [3.63, 3.8) is 0 Å². The minimum absolute atomic E-state index is 0.0645. The van der Waals surface area contributed by atoms with Gasteiger partial charge in [-0.05, 0) is 160 Å². The summed E-state index contributed by atoms with van der Waals surface area (Å²) in [4.78, 5) is 312. The van der Waals surface area contributed by atoms with Gasteiger partial charge in [0, 0.05) is 204 Å². The number of nitrogens with zero attached hydrogens (tertiary/aromatic N) is 12. The van der Waals surface area contributed by atoms with Crippen molar-refractivity contribution in [1.29, 1.82) is 0 Å². The topological polar surface area (TPSA) is 576 Å². The van der Waals surface area contributed by atoms with Gasteiger partial charge in [0.05, 0.1) is 65.0 Å². The molecular weight excluding hydrogens is 1920 g/mol. The van der Waals surface area contributed by atoms with Crippen molar-refractivity contribution in [1.82, 2.24) is 91.7 Å². The molecule has 6 N–H and O–H groups in total. The van der Waals surface area contributed by atoms with E-state index in [-0.39, 0.29) is 164 Å². The molecule has 0 radical (unpaired) electrons. The zero-order valence-electron chi connectivity index (χ0n) is 86.7. The fraction of sp³-hybridized carbons (Fsp3) is 0.750. The van der Waals surface area contributed by atoms with Gasteiger partial charge in [-0.25, -0.2) is 28.8 Å². The van der Waals surface area contributed by atoms with Gasteiger partial charge >= 0.3 is 35.8 Å². The van der Waals surface area contributed by atoms with Crippen LogP contribution in [0, 0.1) is 0 Å². The van der Waals surface area contributed by atoms with Gasteiger partial charge in [0.25, 0.3) is 70.9 Å². The molecule has 808 valence electrons. The molecule has 12 aliphatic rings. The summed E-state index contributed by atoms with van der Waals surface area (Å²) in [6.45, 7) is 30.8. The average Bonchev–Trinajstić information content (AvgIpc) is 1.76. The van der Waals surface area contributed by atoms with Gasteiger partial charge in [-0.15, -0.1) is 30.4 Å². The van der Waals surface area contributed by atoms with E-state index in [4.69, 9.17) is 19.4 Å². The van der Waals surface area contributed by atoms with E-state index in [1.165, 1.54) is 64.2 Å². The normalized spacial score (nSPS) is 24.8. The van der Waals surface area contributed by atoms with Crippen molar-refractivity contribution in [2.75, 3.05) is 79.5 Å². The number of rotatable bonds is 30. The number of hydrogen-bond acceptors (Lipinski definition) is 36. The zero-order chi connectivity index (χ0) is 107. The van der Waals surface area contributed by atoms with Crippen molar-refractivity contribution < 1.29 is 144 Å². The molecule has 48 nitrogen and oxygen atoms in total. The van der Waals surface area contributed by atoms with E-state index in [0.29, 0.717) is 142 Å². The van der Waals surface area contributed by atoms with Gasteiger partial charge in [-0.2, -0.15) is 0 Å². The second kappa shape index (κ2) is 62.8. The lowest BCUT2D eigenvalue weighted by Crippen LogP contribution is -2.48. The first-order valence-electron chi connectivity index (χ1n) is 50.4. The van der Waals surface area contributed by atoms with E-state index in [0.717, 1.165) is 65.2 Å². The molecule has 0 aromatic rings. The predicted octanol–water partition coefficient (Wildman–Crippen LogP) is 2.67. The van der Waals surface area contributed by atoms with Crippen LogP contribution in [0.2, 0.25) is 0 Å². The maximum atomic E-state index is 12.0. The maximum absolute atomic E-state index is 12.0. The van der Waals surface area contributed by atoms with E-state index in [1.54, 1.807) is 14.1 Å². The quantitative estimate of drug-likeness (QED) is 0.0342. The van der Waals surface area contributed by atoms with Crippen LogP contribution < -0.4 is 31.9 Å². The number of piperidine rings is 6. The summed E-state index contributed by atoms with van der Waals surface area (Å²) >= 11 is 0. The molecule has 0 saturated carbocycles. The Bertz CT molecular complexity index is 3870. The first-order chi connectivity index (χ1) is 68.0. The molecule has 12 atom stereocenters. The lowest BCUT2D eigenvalue weighted by molar-refractivity contribution is -0.197. The van der Waals surface area contributed by atoms with E-state index >= 15 is 0 Å². The fourth-order valence-corrected chi connectivity index (χ4v) is 18.1. The number of imide groups is 6. The highest BCUT2D eigenvalue weighted by molar-refractivity contribution is 6.05. The number of carbonyl (C=O) groups is 24. The Morgan fingerprint density at radius 1 is 0.215 bits per heavy atom. The third-order valence-electron chi connectivity index (χ3n) is 26.6. The molecule has 0 aromatic heterocycles. The van der Waals surface area contributed by atoms with Gasteiger partial charge in [-0.3, -0.25) is 116 Å². The van der Waals surface area contributed by atoms with Crippen molar-refractivity contribution in [3.05, 3.63) is 0 Å². The third-order valence-corrected chi connectivity index (χ3v) is 26.6. The molecule has 12 heterocycles. The van der Waals surface area contributed by atoms with Crippen LogP contribution in [0.5, 0.6) is 0 Å². The molecule has 12 rings (SSSR count). The van der Waals surface area contributed by atoms with Crippen LogP contribution in [0.1, 0.15) is 315 Å². The molecule has 12 aliphatic heterocycles. The van der Waals surface area contributed by atoms with E-state index in [1.807, 2.05) is 0 Å². The lowest BCUT2D eigenvalue weighted by atomic mass is 9.98. The summed E-state index contributed by atoms with van der Waals surface area (Å²) in [7, 11) is 3.39. The lowest BCUT2D eigenvalue weighted by Gasteiger charge is -2.38. The van der Waals surface area contributed by atoms with Gasteiger partial charge in [-0.1, -0.05) is 38.5 Å². The Kier molecular flexibility index (Phi) is 53.5. The Labute approximate surface area is 841 Å². The fourth-order valence-electron chi connectivity index (χ4n) is 18.1. The summed E-state index contributed by atoms with van der Waals surface area (Å²) in [5.74, 6) is -10.4. The first kappa shape index (κ1) is 123. The van der Waals surface area contributed by atoms with Gasteiger partial charge < -0.3 is 60.9 Å². The van der Waals surface area contributed by atoms with Crippen LogP contribution in [0.3, 0.4) is 0 Å². The van der Waals surface area contributed by atoms with Crippen molar-refractivity contribution >= 4 is 142 Å². The van der Waals surface area contributed by atoms with E-state index in [9.17, 15) is 115 Å². The highest BCUT2D eigenvalue weighted by atomic mass is 16.8. The SMILES string of the molecule is CC1CCCC(C)N1C[13C](=O)[15NH][13CH3].CC1CCCC(C)[15N]1C[13C](=O)N[13CH3].[13CH3]C1CCCC([13CH3])[15N]1C[13C](=O)N[13CH2]CC(=O)ON1C(=O)CCC1=O.[13CH3]C1CCCC([13CH3])[15N]1C[13C](=O)[15NH][13CH2]CC(=O)ON1C(=O)CCC1=O.[13CH3][13CH]1CCC[13CH]([13CH3])N1CC(=O)[15NH]CCC(=O)ON1C(=O)CCC1=O.[13CH3][13CH]1CCC[13CH]([13CH3])[15N]1C[13C](=O)NCCC(=O)ON1C(=O)CCC1=O.[13CH3][13C](=O)ON1C(=O)CCC1=O.[13CH3][13C](=O)ON1C(=O)CCC1=O. The van der Waals surface area contributed by atoms with Crippen molar-refractivity contribution in [2.45, 2.75) is 388 Å². The van der Waals surface area contributed by atoms with Gasteiger partial charge in [0.2, 0.25) is 35.4 Å². The highest BCUT2D eigenvalue weighted by Crippen LogP contribution is 2.29. The van der Waals surface area contributed by atoms with Gasteiger partial charge in [0.15, 0.2) is 0 Å². The Morgan fingerprint density at radius 2 is 0.340 bits per heavy atom. The molecule has 12 saturated heterocycles. The number of amides is 18. The number of carbonyl (C=O) groups excluding carboxylic acids is 24. The molecule has 0 spiro atoms. The standard InChI is InChI=1S/4C16H25N3O5.2C10H20N2O.2C6H7NO4/c4*1-11-4-3-5-12(2)18(11)10-13(20)17-9-8-16(23)24-19-14(21)6-7-15(19)22;2*1-8-5-4-6-9(2)12(8)7-10(13)11-3;2*1-4(8)11-7-5(9)2-3-6(7)10/h4*11-12H,3-10H2,1-2H3,(H,17,20);2*8-9H,4-7H2,1-3H3,(H,11,13);2*2-3H2,1H3/i1+1,2+1,11+1,12+1,13+1,18+1;1+1,2+1,9+1,13+1,17+1,18+1;1+1,2+1,11+1,12+1,17+1;1+1,2+1,9+1,13+1,18+1;3+1,10+1,12+1;3+1,10+1,11+1;2*1+1,4+1. The van der Waals surface area contributed by atoms with Gasteiger partial charge in [0.1, 0.15) is 0 Å². The Balaban J connectivity index is 0.000000295. The summed E-state index contributed by atoms with van der Waals surface area (Å²) in [5.41, 5.74) is 0. The molecule has 0 aliphatic carbocycles. The zero-order valence-corrected chi connectivity index (χ0v) is 86.7. The number of nitrogens with one attached hydrogen (secondary N) is 6. The van der Waals surface area contributed by atoms with Crippen LogP contribution in [0.4, 0.5) is 0 Å². The summed E-state index contributed by atoms with van der Waals surface area (Å²) in [5, 5.41) is 19.2. The van der Waals surface area contributed by atoms with Crippen molar-refractivity contribution in [3.8, 4) is 0 Å². The van der Waals surface area contributed by atoms with Crippen LogP contribution in [0.25, 0.3) is 0 Å². The third kappa shape index (κ3) is 42.5. The molecule has 0 bridgehead atoms. The average molecular weight is 2070 g/mol. The van der Waals surface area contributed by atoms with Crippen LogP contribution in [-0.2, 0) is 144 Å². The second-order valence-electron chi connectivity index (χ2n) is 38.1. The largest absolute Gasteiger partial charge is 0.358 e. The van der Waals surface area contributed by atoms with Crippen LogP contribution in [-0.4, -0.2) is 354 Å². The minimum Gasteiger partial charge on any atom is -0.358 e. The maximum Gasteiger partial charge on any atom is 0.334 e. The summed E-state index contributed by atoms with van der Waals surface area (Å²) in [6, 6.07) is 5.20. The van der Waals surface area contributed by atoms with E-state index in [2.05, 4.69) is 154 Å². The van der Waals surface area contributed by atoms with E-state index < -0.39 is 107 Å². The molecule has 18 amide bonds. The smallest absolute Gasteiger partial charge is 0.334 e. The molecule has 12 unspecified atom stereocenters. The number of hydrogen-bond donors (Lipinski definition) is 6. The molecule has 12 fully saturated rings. The Hall–Kier alpha value is -11.8. The number of likely N-dealkylation sites (tertiary alicyclic amines) is 6. The molecule has 0 aromatic carbocycles. The number of hydroxylamine groups is 12. The predicted molar refractivity (Wildman–Crippen MR) is 510 cm³/mol. The first-order valence-corrected chi connectivity index (χ1v) is 50.4. The highest BCUT2D eigenvalue weighted by Gasteiger charge is 2.41. The Morgan fingerprint density at radius 3 is 0.465 bits per heavy atom.